The lowest BCUT2D eigenvalue weighted by Crippen LogP contribution is -2.21. The highest BCUT2D eigenvalue weighted by Crippen LogP contribution is 2.36. The average Bonchev–Trinajstić information content (AvgIpc) is 3.12. The van der Waals surface area contributed by atoms with Crippen LogP contribution in [0.15, 0.2) is 54.6 Å². The molecule has 144 valence electrons. The van der Waals surface area contributed by atoms with Crippen molar-refractivity contribution < 1.29 is 9.59 Å². The summed E-state index contributed by atoms with van der Waals surface area (Å²) in [6.45, 7) is 4.23. The number of nitrogens with zero attached hydrogens (tertiary/aromatic N) is 2. The van der Waals surface area contributed by atoms with Gasteiger partial charge in [-0.15, -0.1) is 11.3 Å². The number of nitrogens with one attached hydrogen (secondary N) is 1. The number of hydrogen-bond donors (Lipinski definition) is 1. The molecule has 2 aromatic carbocycles. The molecule has 1 N–H and O–H groups in total. The van der Waals surface area contributed by atoms with E-state index in [9.17, 15) is 9.59 Å². The molecule has 0 aliphatic carbocycles. The Labute approximate surface area is 169 Å². The van der Waals surface area contributed by atoms with Crippen LogP contribution in [0.1, 0.15) is 45.4 Å². The van der Waals surface area contributed by atoms with Crippen molar-refractivity contribution in [3.05, 3.63) is 70.6 Å². The van der Waals surface area contributed by atoms with E-state index in [0.717, 1.165) is 16.1 Å². The number of amides is 2. The number of rotatable bonds is 5. The maximum atomic E-state index is 12.6. The normalized spacial score (nSPS) is 10.8. The summed E-state index contributed by atoms with van der Waals surface area (Å²) in [5.74, 6) is -0.0387. The number of carbonyl (C=O) groups is 2. The molecule has 1 heterocycles. The maximum absolute atomic E-state index is 12.6. The van der Waals surface area contributed by atoms with Crippen LogP contribution in [-0.4, -0.2) is 35.8 Å². The van der Waals surface area contributed by atoms with E-state index >= 15 is 0 Å². The molecular weight excluding hydrogens is 370 g/mol. The number of hydrogen-bond acceptors (Lipinski definition) is 4. The highest BCUT2D eigenvalue weighted by Gasteiger charge is 2.18. The molecule has 0 aliphatic rings. The van der Waals surface area contributed by atoms with Gasteiger partial charge in [-0.3, -0.25) is 14.9 Å². The highest BCUT2D eigenvalue weighted by molar-refractivity contribution is 7.16. The fourth-order valence-electron chi connectivity index (χ4n) is 2.77. The molecule has 28 heavy (non-hydrogen) atoms. The fraction of sp³-hybridized carbons (Fsp3) is 0.227. The van der Waals surface area contributed by atoms with E-state index < -0.39 is 0 Å². The third-order valence-electron chi connectivity index (χ3n) is 4.25. The number of aromatic nitrogens is 1. The second kappa shape index (κ2) is 8.35. The summed E-state index contributed by atoms with van der Waals surface area (Å²) in [5, 5.41) is 3.46. The summed E-state index contributed by atoms with van der Waals surface area (Å²) in [6.07, 6.45) is 0. The Hall–Kier alpha value is -2.99. The Morgan fingerprint density at radius 2 is 1.57 bits per heavy atom. The van der Waals surface area contributed by atoms with Crippen molar-refractivity contribution in [1.29, 1.82) is 0 Å². The highest BCUT2D eigenvalue weighted by atomic mass is 32.1. The number of carbonyl (C=O) groups excluding carboxylic acids is 2. The van der Waals surface area contributed by atoms with E-state index in [2.05, 4.69) is 24.1 Å². The Morgan fingerprint density at radius 3 is 2.14 bits per heavy atom. The summed E-state index contributed by atoms with van der Waals surface area (Å²) >= 11 is 1.49. The van der Waals surface area contributed by atoms with Crippen LogP contribution >= 0.6 is 11.3 Å². The molecule has 3 rings (SSSR count). The van der Waals surface area contributed by atoms with Crippen molar-refractivity contribution in [3.63, 3.8) is 0 Å². The zero-order valence-corrected chi connectivity index (χ0v) is 17.2. The van der Waals surface area contributed by atoms with E-state index in [4.69, 9.17) is 0 Å². The van der Waals surface area contributed by atoms with E-state index in [1.165, 1.54) is 16.2 Å². The van der Waals surface area contributed by atoms with Crippen LogP contribution in [0.5, 0.6) is 0 Å². The largest absolute Gasteiger partial charge is 0.345 e. The number of thiazole rings is 1. The minimum absolute atomic E-state index is 0.0963. The molecule has 6 heteroatoms. The topological polar surface area (TPSA) is 62.3 Å². The van der Waals surface area contributed by atoms with Gasteiger partial charge < -0.3 is 4.90 Å². The van der Waals surface area contributed by atoms with Crippen LogP contribution < -0.4 is 5.32 Å². The van der Waals surface area contributed by atoms with Gasteiger partial charge in [-0.1, -0.05) is 44.2 Å². The van der Waals surface area contributed by atoms with E-state index in [1.54, 1.807) is 38.4 Å². The lowest BCUT2D eigenvalue weighted by atomic mass is 10.1. The monoisotopic (exact) mass is 393 g/mol. The number of anilines is 1. The van der Waals surface area contributed by atoms with Crippen molar-refractivity contribution in [2.75, 3.05) is 19.4 Å². The van der Waals surface area contributed by atoms with Gasteiger partial charge in [0, 0.05) is 35.7 Å². The zero-order valence-electron chi connectivity index (χ0n) is 16.4. The van der Waals surface area contributed by atoms with Gasteiger partial charge in [0.05, 0.1) is 5.69 Å². The van der Waals surface area contributed by atoms with Gasteiger partial charge in [0.2, 0.25) is 0 Å². The lowest BCUT2D eigenvalue weighted by Gasteiger charge is -2.10. The molecule has 1 aromatic heterocycles. The van der Waals surface area contributed by atoms with Crippen LogP contribution in [0.3, 0.4) is 0 Å². The summed E-state index contributed by atoms with van der Waals surface area (Å²) in [4.78, 5) is 31.9. The van der Waals surface area contributed by atoms with Crippen LogP contribution in [0.2, 0.25) is 0 Å². The van der Waals surface area contributed by atoms with Gasteiger partial charge in [0.25, 0.3) is 11.8 Å². The van der Waals surface area contributed by atoms with Crippen LogP contribution in [0.4, 0.5) is 5.13 Å². The summed E-state index contributed by atoms with van der Waals surface area (Å²) in [6, 6.07) is 16.6. The quantitative estimate of drug-likeness (QED) is 0.671. The molecular formula is C22H23N3O2S. The average molecular weight is 394 g/mol. The first-order valence-electron chi connectivity index (χ1n) is 9.06. The molecule has 3 aromatic rings. The summed E-state index contributed by atoms with van der Waals surface area (Å²) in [7, 11) is 3.39. The van der Waals surface area contributed by atoms with Gasteiger partial charge >= 0.3 is 0 Å². The smallest absolute Gasteiger partial charge is 0.257 e. The third-order valence-corrected chi connectivity index (χ3v) is 5.52. The minimum atomic E-state index is -0.243. The van der Waals surface area contributed by atoms with Crippen LogP contribution in [0, 0.1) is 0 Å². The molecule has 0 unspecified atom stereocenters. The zero-order chi connectivity index (χ0) is 20.3. The Bertz CT molecular complexity index is 977. The van der Waals surface area contributed by atoms with Crippen molar-refractivity contribution in [1.82, 2.24) is 9.88 Å². The third kappa shape index (κ3) is 4.28. The lowest BCUT2D eigenvalue weighted by molar-refractivity contribution is 0.0827. The SMILES string of the molecule is CC(C)c1sc(NC(=O)c2ccc(C(=O)N(C)C)cc2)nc1-c1ccccc1. The molecule has 0 saturated heterocycles. The molecule has 0 aliphatic heterocycles. The van der Waals surface area contributed by atoms with Crippen molar-refractivity contribution in [3.8, 4) is 11.3 Å². The molecule has 0 atom stereocenters. The van der Waals surface area contributed by atoms with Crippen LogP contribution in [-0.2, 0) is 0 Å². The predicted octanol–water partition coefficient (Wildman–Crippen LogP) is 4.89. The second-order valence-corrected chi connectivity index (χ2v) is 8.01. The standard InChI is InChI=1S/C22H23N3O2S/c1-14(2)19-18(15-8-6-5-7-9-15)23-22(28-19)24-20(26)16-10-12-17(13-11-16)21(27)25(3)4/h5-14H,1-4H3,(H,23,24,26). The van der Waals surface area contributed by atoms with E-state index in [0.29, 0.717) is 22.2 Å². The molecule has 0 fully saturated rings. The van der Waals surface area contributed by atoms with Crippen LogP contribution in [0.25, 0.3) is 11.3 Å². The van der Waals surface area contributed by atoms with Gasteiger partial charge in [-0.2, -0.15) is 0 Å². The fourth-order valence-corrected chi connectivity index (χ4v) is 3.76. The predicted molar refractivity (Wildman–Crippen MR) is 114 cm³/mol. The van der Waals surface area contributed by atoms with E-state index in [1.807, 2.05) is 30.3 Å². The second-order valence-electron chi connectivity index (χ2n) is 6.98. The van der Waals surface area contributed by atoms with Crippen molar-refractivity contribution in [2.24, 2.45) is 0 Å². The first-order valence-corrected chi connectivity index (χ1v) is 9.87. The molecule has 5 nitrogen and oxygen atoms in total. The van der Waals surface area contributed by atoms with Gasteiger partial charge in [-0.05, 0) is 30.2 Å². The Kier molecular flexibility index (Phi) is 5.90. The molecule has 2 amide bonds. The van der Waals surface area contributed by atoms with Gasteiger partial charge in [0.1, 0.15) is 0 Å². The molecule has 0 radical (unpaired) electrons. The first-order chi connectivity index (χ1) is 13.4. The Morgan fingerprint density at radius 1 is 0.964 bits per heavy atom. The van der Waals surface area contributed by atoms with E-state index in [-0.39, 0.29) is 11.8 Å². The molecule has 0 bridgehead atoms. The minimum Gasteiger partial charge on any atom is -0.345 e. The molecule has 0 spiro atoms. The van der Waals surface area contributed by atoms with Crippen molar-refractivity contribution >= 4 is 28.3 Å². The van der Waals surface area contributed by atoms with Crippen molar-refractivity contribution in [2.45, 2.75) is 19.8 Å². The van der Waals surface area contributed by atoms with Gasteiger partial charge in [-0.25, -0.2) is 4.98 Å². The van der Waals surface area contributed by atoms with Gasteiger partial charge in [0.15, 0.2) is 5.13 Å². The summed E-state index contributed by atoms with van der Waals surface area (Å²) < 4.78 is 0. The first kappa shape index (κ1) is 19.8. The molecule has 0 saturated carbocycles. The maximum Gasteiger partial charge on any atom is 0.257 e. The number of benzene rings is 2. The summed E-state index contributed by atoms with van der Waals surface area (Å²) in [5.41, 5.74) is 2.97. The Balaban J connectivity index is 1.82.